The summed E-state index contributed by atoms with van der Waals surface area (Å²) in [6.07, 6.45) is 2.30. The first-order valence-corrected chi connectivity index (χ1v) is 9.65. The third kappa shape index (κ3) is 4.79. The number of carbonyl (C=O) groups excluding carboxylic acids is 3. The van der Waals surface area contributed by atoms with E-state index in [2.05, 4.69) is 21.2 Å². The normalized spacial score (nSPS) is 15.7. The van der Waals surface area contributed by atoms with Gasteiger partial charge in [0.1, 0.15) is 6.54 Å². The second kappa shape index (κ2) is 9.09. The van der Waals surface area contributed by atoms with E-state index in [1.54, 1.807) is 13.0 Å². The number of nitrogens with zero attached hydrogens (tertiary/aromatic N) is 1. The number of aromatic hydroxyl groups is 1. The Kier molecular flexibility index (Phi) is 7.10. The van der Waals surface area contributed by atoms with E-state index in [0.717, 1.165) is 23.1 Å². The largest absolute Gasteiger partial charge is 0.504 e. The van der Waals surface area contributed by atoms with Crippen LogP contribution in [0.25, 0.3) is 6.08 Å². The summed E-state index contributed by atoms with van der Waals surface area (Å²) in [5.41, 5.74) is 0.576. The summed E-state index contributed by atoms with van der Waals surface area (Å²) < 4.78 is 5.88. The maximum Gasteiger partial charge on any atom is 0.294 e. The predicted octanol–water partition coefficient (Wildman–Crippen LogP) is 3.12. The second-order valence-corrected chi connectivity index (χ2v) is 7.24. The number of thioether (sulfide) groups is 1. The van der Waals surface area contributed by atoms with Crippen LogP contribution in [0, 0.1) is 0 Å². The number of phenolic OH excluding ortho intramolecular Hbond substituents is 1. The molecule has 0 aliphatic carbocycles. The van der Waals surface area contributed by atoms with Crippen LogP contribution in [-0.2, 0) is 9.59 Å². The highest BCUT2D eigenvalue weighted by Gasteiger charge is 2.36. The minimum absolute atomic E-state index is 0.0309. The molecule has 1 aromatic rings. The number of rotatable bonds is 7. The Morgan fingerprint density at radius 1 is 1.38 bits per heavy atom. The molecule has 1 aliphatic heterocycles. The molecule has 3 amide bonds. The average Bonchev–Trinajstić information content (AvgIpc) is 2.85. The minimum atomic E-state index is -0.524. The summed E-state index contributed by atoms with van der Waals surface area (Å²) in [5.74, 6) is -0.652. The Labute approximate surface area is 163 Å². The number of ether oxygens (including phenoxy) is 1. The highest BCUT2D eigenvalue weighted by atomic mass is 79.9. The van der Waals surface area contributed by atoms with Gasteiger partial charge in [0.15, 0.2) is 11.5 Å². The molecule has 0 spiro atoms. The van der Waals surface area contributed by atoms with Gasteiger partial charge in [-0.05, 0) is 48.9 Å². The fourth-order valence-corrected chi connectivity index (χ4v) is 3.46. The van der Waals surface area contributed by atoms with Crippen molar-refractivity contribution in [2.45, 2.75) is 20.3 Å². The van der Waals surface area contributed by atoms with Gasteiger partial charge in [0, 0.05) is 11.0 Å². The van der Waals surface area contributed by atoms with Gasteiger partial charge in [0.2, 0.25) is 5.91 Å². The van der Waals surface area contributed by atoms with Gasteiger partial charge in [-0.25, -0.2) is 0 Å². The smallest absolute Gasteiger partial charge is 0.294 e. The van der Waals surface area contributed by atoms with Gasteiger partial charge in [-0.1, -0.05) is 22.9 Å². The Morgan fingerprint density at radius 2 is 2.12 bits per heavy atom. The molecule has 0 bridgehead atoms. The van der Waals surface area contributed by atoms with E-state index in [1.165, 1.54) is 12.1 Å². The van der Waals surface area contributed by atoms with Crippen LogP contribution in [0.5, 0.6) is 11.5 Å². The van der Waals surface area contributed by atoms with Crippen molar-refractivity contribution < 1.29 is 24.2 Å². The first-order chi connectivity index (χ1) is 12.4. The molecule has 0 aromatic heterocycles. The topological polar surface area (TPSA) is 95.9 Å². The highest BCUT2D eigenvalue weighted by molar-refractivity contribution is 9.10. The number of amides is 3. The molecule has 7 nitrogen and oxygen atoms in total. The lowest BCUT2D eigenvalue weighted by Gasteiger charge is -2.12. The molecule has 9 heteroatoms. The number of phenols is 1. The number of halogens is 1. The van der Waals surface area contributed by atoms with E-state index in [-0.39, 0.29) is 28.9 Å². The van der Waals surface area contributed by atoms with Crippen molar-refractivity contribution in [3.8, 4) is 11.5 Å². The molecule has 140 valence electrons. The van der Waals surface area contributed by atoms with Crippen molar-refractivity contribution in [3.63, 3.8) is 0 Å². The number of nitrogens with one attached hydrogen (secondary N) is 1. The molecule has 0 atom stereocenters. The summed E-state index contributed by atoms with van der Waals surface area (Å²) in [7, 11) is 0. The average molecular weight is 443 g/mol. The summed E-state index contributed by atoms with van der Waals surface area (Å²) >= 11 is 4.08. The summed E-state index contributed by atoms with van der Waals surface area (Å²) in [5, 5.41) is 12.0. The number of hydrogen-bond acceptors (Lipinski definition) is 6. The van der Waals surface area contributed by atoms with Crippen LogP contribution in [0.1, 0.15) is 25.8 Å². The van der Waals surface area contributed by atoms with E-state index in [4.69, 9.17) is 4.74 Å². The van der Waals surface area contributed by atoms with Crippen LogP contribution in [-0.4, -0.2) is 46.8 Å². The van der Waals surface area contributed by atoms with Crippen LogP contribution in [0.15, 0.2) is 21.5 Å². The predicted molar refractivity (Wildman–Crippen MR) is 103 cm³/mol. The molecule has 1 aromatic carbocycles. The Morgan fingerprint density at radius 3 is 2.77 bits per heavy atom. The molecule has 26 heavy (non-hydrogen) atoms. The van der Waals surface area contributed by atoms with E-state index < -0.39 is 11.1 Å². The third-order valence-corrected chi connectivity index (χ3v) is 5.01. The van der Waals surface area contributed by atoms with Gasteiger partial charge in [0.05, 0.1) is 11.5 Å². The summed E-state index contributed by atoms with van der Waals surface area (Å²) in [6, 6.07) is 3.03. The van der Waals surface area contributed by atoms with Crippen molar-refractivity contribution >= 4 is 50.8 Å². The molecular weight excluding hydrogens is 424 g/mol. The van der Waals surface area contributed by atoms with E-state index in [1.807, 2.05) is 6.92 Å². The van der Waals surface area contributed by atoms with Crippen molar-refractivity contribution in [3.05, 3.63) is 27.1 Å². The Balaban J connectivity index is 2.22. The monoisotopic (exact) mass is 442 g/mol. The van der Waals surface area contributed by atoms with Crippen molar-refractivity contribution in [2.24, 2.45) is 0 Å². The molecule has 0 saturated carbocycles. The molecule has 2 N–H and O–H groups in total. The molecule has 1 fully saturated rings. The molecular formula is C17H19BrN2O5S. The minimum Gasteiger partial charge on any atom is -0.504 e. The van der Waals surface area contributed by atoms with Crippen molar-refractivity contribution in [1.29, 1.82) is 0 Å². The highest BCUT2D eigenvalue weighted by Crippen LogP contribution is 2.37. The zero-order valence-electron chi connectivity index (χ0n) is 14.4. The third-order valence-electron chi connectivity index (χ3n) is 3.41. The van der Waals surface area contributed by atoms with E-state index in [0.29, 0.717) is 23.2 Å². The number of imide groups is 1. The number of benzene rings is 1. The van der Waals surface area contributed by atoms with Gasteiger partial charge < -0.3 is 15.2 Å². The lowest BCUT2D eigenvalue weighted by Crippen LogP contribution is -2.39. The lowest BCUT2D eigenvalue weighted by atomic mass is 10.2. The summed E-state index contributed by atoms with van der Waals surface area (Å²) in [6.45, 7) is 4.26. The van der Waals surface area contributed by atoms with E-state index in [9.17, 15) is 19.5 Å². The zero-order valence-corrected chi connectivity index (χ0v) is 16.8. The van der Waals surface area contributed by atoms with Crippen LogP contribution < -0.4 is 10.1 Å². The Bertz CT molecular complexity index is 766. The quantitative estimate of drug-likeness (QED) is 0.629. The standard InChI is InChI=1S/C17H19BrN2O5S/c1-3-5-19-15(22)9-20-16(23)14(26-17(20)24)7-10-6-13(25-4-2)12(21)8-11(10)18/h6-8,21H,3-5,9H2,1-2H3,(H,19,22)/b14-7-. The molecule has 1 aliphatic rings. The second-order valence-electron chi connectivity index (χ2n) is 5.39. The maximum absolute atomic E-state index is 12.5. The lowest BCUT2D eigenvalue weighted by molar-refractivity contribution is -0.129. The van der Waals surface area contributed by atoms with Crippen molar-refractivity contribution in [2.75, 3.05) is 19.7 Å². The van der Waals surface area contributed by atoms with Crippen LogP contribution >= 0.6 is 27.7 Å². The maximum atomic E-state index is 12.5. The van der Waals surface area contributed by atoms with Gasteiger partial charge in [-0.15, -0.1) is 0 Å². The van der Waals surface area contributed by atoms with Crippen molar-refractivity contribution in [1.82, 2.24) is 10.2 Å². The van der Waals surface area contributed by atoms with Gasteiger partial charge in [0.25, 0.3) is 11.1 Å². The molecule has 1 saturated heterocycles. The first kappa shape index (κ1) is 20.3. The molecule has 0 unspecified atom stereocenters. The molecule has 2 rings (SSSR count). The summed E-state index contributed by atoms with van der Waals surface area (Å²) in [4.78, 5) is 37.4. The zero-order chi connectivity index (χ0) is 19.3. The molecule has 0 radical (unpaired) electrons. The molecule has 1 heterocycles. The number of hydrogen-bond donors (Lipinski definition) is 2. The van der Waals surface area contributed by atoms with Crippen LogP contribution in [0.2, 0.25) is 0 Å². The van der Waals surface area contributed by atoms with Crippen LogP contribution in [0.3, 0.4) is 0 Å². The van der Waals surface area contributed by atoms with Gasteiger partial charge in [-0.2, -0.15) is 0 Å². The number of carbonyl (C=O) groups is 3. The fourth-order valence-electron chi connectivity index (χ4n) is 2.18. The van der Waals surface area contributed by atoms with Gasteiger partial charge in [-0.3, -0.25) is 19.3 Å². The first-order valence-electron chi connectivity index (χ1n) is 8.04. The van der Waals surface area contributed by atoms with Gasteiger partial charge >= 0.3 is 0 Å². The van der Waals surface area contributed by atoms with E-state index >= 15 is 0 Å². The fraction of sp³-hybridized carbons (Fsp3) is 0.353. The Hall–Kier alpha value is -2.00. The van der Waals surface area contributed by atoms with Crippen LogP contribution in [0.4, 0.5) is 4.79 Å². The SMILES string of the molecule is CCCNC(=O)CN1C(=O)S/C(=C\c2cc(OCC)c(O)cc2Br)C1=O.